The highest BCUT2D eigenvalue weighted by atomic mass is 32.2. The van der Waals surface area contributed by atoms with Gasteiger partial charge in [0, 0.05) is 25.2 Å². The highest BCUT2D eigenvalue weighted by Gasteiger charge is 2.28. The molecule has 2 aromatic rings. The van der Waals surface area contributed by atoms with Crippen LogP contribution in [0.25, 0.3) is 0 Å². The fourth-order valence-corrected chi connectivity index (χ4v) is 5.25. The van der Waals surface area contributed by atoms with Gasteiger partial charge in [-0.1, -0.05) is 18.2 Å². The zero-order chi connectivity index (χ0) is 21.7. The standard InChI is InChI=1S/C21H27N5O3S/c1-16-19(17(2)25(24-16)13-5-11-22)8-9-21(27)23-12-15-30(28,29)26-14-10-18-6-3-4-7-20(18)26/h3-4,6-7H,5,8-10,12-15H2,1-2H3,(H,23,27). The van der Waals surface area contributed by atoms with Crippen molar-refractivity contribution in [3.63, 3.8) is 0 Å². The van der Waals surface area contributed by atoms with Gasteiger partial charge in [-0.15, -0.1) is 0 Å². The molecule has 1 aromatic carbocycles. The van der Waals surface area contributed by atoms with Gasteiger partial charge in [-0.3, -0.25) is 13.8 Å². The minimum Gasteiger partial charge on any atom is -0.355 e. The van der Waals surface area contributed by atoms with Gasteiger partial charge in [-0.25, -0.2) is 8.42 Å². The van der Waals surface area contributed by atoms with Crippen LogP contribution in [0.4, 0.5) is 5.69 Å². The van der Waals surface area contributed by atoms with Crippen LogP contribution in [0.1, 0.15) is 35.4 Å². The van der Waals surface area contributed by atoms with Crippen molar-refractivity contribution in [3.05, 3.63) is 46.8 Å². The first-order chi connectivity index (χ1) is 14.3. The van der Waals surface area contributed by atoms with Crippen molar-refractivity contribution in [2.75, 3.05) is 23.1 Å². The number of hydrogen-bond acceptors (Lipinski definition) is 5. The van der Waals surface area contributed by atoms with Crippen molar-refractivity contribution in [2.45, 2.75) is 46.1 Å². The third kappa shape index (κ3) is 4.82. The quantitative estimate of drug-likeness (QED) is 0.654. The number of carbonyl (C=O) groups is 1. The minimum atomic E-state index is -3.48. The molecule has 0 fully saturated rings. The summed E-state index contributed by atoms with van der Waals surface area (Å²) in [5, 5.41) is 15.9. The number of amides is 1. The van der Waals surface area contributed by atoms with Crippen LogP contribution in [0.15, 0.2) is 24.3 Å². The average molecular weight is 430 g/mol. The zero-order valence-corrected chi connectivity index (χ0v) is 18.2. The number of para-hydroxylation sites is 1. The smallest absolute Gasteiger partial charge is 0.236 e. The third-order valence-electron chi connectivity index (χ3n) is 5.43. The number of fused-ring (bicyclic) bond motifs is 1. The number of nitrogens with one attached hydrogen (secondary N) is 1. The summed E-state index contributed by atoms with van der Waals surface area (Å²) in [7, 11) is -3.48. The summed E-state index contributed by atoms with van der Waals surface area (Å²) in [4.78, 5) is 12.2. The Bertz CT molecular complexity index is 1070. The van der Waals surface area contributed by atoms with E-state index in [1.165, 1.54) is 4.31 Å². The molecule has 8 nitrogen and oxygen atoms in total. The van der Waals surface area contributed by atoms with Crippen molar-refractivity contribution in [2.24, 2.45) is 0 Å². The number of nitrogens with zero attached hydrogens (tertiary/aromatic N) is 4. The van der Waals surface area contributed by atoms with Crippen LogP contribution >= 0.6 is 0 Å². The van der Waals surface area contributed by atoms with Crippen molar-refractivity contribution in [3.8, 4) is 6.07 Å². The molecule has 1 amide bonds. The van der Waals surface area contributed by atoms with E-state index in [0.29, 0.717) is 32.4 Å². The molecule has 1 aliphatic rings. The molecule has 0 radical (unpaired) electrons. The minimum absolute atomic E-state index is 0.0826. The summed E-state index contributed by atoms with van der Waals surface area (Å²) in [6.07, 6.45) is 1.89. The highest BCUT2D eigenvalue weighted by Crippen LogP contribution is 2.29. The van der Waals surface area contributed by atoms with Crippen molar-refractivity contribution < 1.29 is 13.2 Å². The van der Waals surface area contributed by atoms with Crippen LogP contribution in [0.3, 0.4) is 0 Å². The second-order valence-electron chi connectivity index (χ2n) is 7.40. The first kappa shape index (κ1) is 21.8. The highest BCUT2D eigenvalue weighted by molar-refractivity contribution is 7.92. The van der Waals surface area contributed by atoms with Crippen LogP contribution in [-0.4, -0.2) is 42.9 Å². The van der Waals surface area contributed by atoms with E-state index in [2.05, 4.69) is 16.5 Å². The molecule has 0 saturated carbocycles. The summed E-state index contributed by atoms with van der Waals surface area (Å²) < 4.78 is 28.6. The van der Waals surface area contributed by atoms with E-state index < -0.39 is 10.0 Å². The molecule has 1 N–H and O–H groups in total. The average Bonchev–Trinajstić information content (AvgIpc) is 3.26. The molecule has 0 atom stereocenters. The van der Waals surface area contributed by atoms with E-state index in [-0.39, 0.29) is 24.6 Å². The molecule has 160 valence electrons. The topological polar surface area (TPSA) is 108 Å². The van der Waals surface area contributed by atoms with E-state index in [0.717, 1.165) is 28.2 Å². The normalized spacial score (nSPS) is 13.2. The Balaban J connectivity index is 1.49. The Hall–Kier alpha value is -2.86. The number of hydrogen-bond donors (Lipinski definition) is 1. The predicted octanol–water partition coefficient (Wildman–Crippen LogP) is 1.85. The molecular weight excluding hydrogens is 402 g/mol. The van der Waals surface area contributed by atoms with Gasteiger partial charge in [0.15, 0.2) is 0 Å². The second kappa shape index (κ2) is 9.30. The fraction of sp³-hybridized carbons (Fsp3) is 0.476. The van der Waals surface area contributed by atoms with Gasteiger partial charge in [0.2, 0.25) is 15.9 Å². The number of aryl methyl sites for hydroxylation is 2. The van der Waals surface area contributed by atoms with E-state index in [1.54, 1.807) is 4.68 Å². The fourth-order valence-electron chi connectivity index (χ4n) is 3.82. The zero-order valence-electron chi connectivity index (χ0n) is 17.4. The Morgan fingerprint density at radius 1 is 1.30 bits per heavy atom. The van der Waals surface area contributed by atoms with Crippen LogP contribution in [0.2, 0.25) is 0 Å². The monoisotopic (exact) mass is 429 g/mol. The van der Waals surface area contributed by atoms with Gasteiger partial charge < -0.3 is 5.32 Å². The molecule has 0 spiro atoms. The van der Waals surface area contributed by atoms with Crippen LogP contribution in [-0.2, 0) is 34.2 Å². The van der Waals surface area contributed by atoms with Gasteiger partial charge >= 0.3 is 0 Å². The third-order valence-corrected chi connectivity index (χ3v) is 7.20. The number of aromatic nitrogens is 2. The summed E-state index contributed by atoms with van der Waals surface area (Å²) in [6.45, 7) is 4.89. The van der Waals surface area contributed by atoms with Crippen molar-refractivity contribution in [1.29, 1.82) is 5.26 Å². The maximum Gasteiger partial charge on any atom is 0.236 e. The first-order valence-corrected chi connectivity index (χ1v) is 11.7. The van der Waals surface area contributed by atoms with E-state index in [4.69, 9.17) is 5.26 Å². The number of sulfonamides is 1. The van der Waals surface area contributed by atoms with Crippen molar-refractivity contribution >= 4 is 21.6 Å². The van der Waals surface area contributed by atoms with Gasteiger partial charge in [0.1, 0.15) is 0 Å². The SMILES string of the molecule is Cc1nn(CCC#N)c(C)c1CCC(=O)NCCS(=O)(=O)N1CCc2ccccc21. The lowest BCUT2D eigenvalue weighted by molar-refractivity contribution is -0.120. The molecule has 0 bridgehead atoms. The van der Waals surface area contributed by atoms with Gasteiger partial charge in [-0.05, 0) is 43.9 Å². The molecule has 9 heteroatoms. The Morgan fingerprint density at radius 3 is 2.83 bits per heavy atom. The molecular formula is C21H27N5O3S. The van der Waals surface area contributed by atoms with E-state index in [9.17, 15) is 13.2 Å². The molecule has 2 heterocycles. The number of anilines is 1. The number of nitriles is 1. The molecule has 1 aromatic heterocycles. The number of carbonyl (C=O) groups excluding carboxylic acids is 1. The molecule has 0 unspecified atom stereocenters. The van der Waals surface area contributed by atoms with E-state index in [1.807, 2.05) is 38.1 Å². The lowest BCUT2D eigenvalue weighted by Gasteiger charge is -2.19. The maximum absolute atomic E-state index is 12.7. The molecule has 3 rings (SSSR count). The predicted molar refractivity (Wildman–Crippen MR) is 115 cm³/mol. The Kier molecular flexibility index (Phi) is 6.77. The number of rotatable bonds is 9. The molecule has 0 saturated heterocycles. The molecule has 30 heavy (non-hydrogen) atoms. The lowest BCUT2D eigenvalue weighted by Crippen LogP contribution is -2.37. The second-order valence-corrected chi connectivity index (χ2v) is 9.41. The van der Waals surface area contributed by atoms with Crippen LogP contribution in [0.5, 0.6) is 0 Å². The van der Waals surface area contributed by atoms with E-state index >= 15 is 0 Å². The summed E-state index contributed by atoms with van der Waals surface area (Å²) in [5.41, 5.74) is 4.60. The van der Waals surface area contributed by atoms with Crippen molar-refractivity contribution in [1.82, 2.24) is 15.1 Å². The van der Waals surface area contributed by atoms with Gasteiger partial charge in [0.05, 0.1) is 36.2 Å². The lowest BCUT2D eigenvalue weighted by atomic mass is 10.1. The first-order valence-electron chi connectivity index (χ1n) is 10.1. The Morgan fingerprint density at radius 2 is 2.07 bits per heavy atom. The summed E-state index contributed by atoms with van der Waals surface area (Å²) in [5.74, 6) is -0.312. The summed E-state index contributed by atoms with van der Waals surface area (Å²) in [6, 6.07) is 9.61. The molecule has 1 aliphatic heterocycles. The van der Waals surface area contributed by atoms with Crippen LogP contribution < -0.4 is 9.62 Å². The largest absolute Gasteiger partial charge is 0.355 e. The van der Waals surface area contributed by atoms with Crippen LogP contribution in [0, 0.1) is 25.2 Å². The maximum atomic E-state index is 12.7. The molecule has 0 aliphatic carbocycles. The number of benzene rings is 1. The Labute approximate surface area is 177 Å². The summed E-state index contributed by atoms with van der Waals surface area (Å²) >= 11 is 0. The van der Waals surface area contributed by atoms with Gasteiger partial charge in [-0.2, -0.15) is 10.4 Å². The van der Waals surface area contributed by atoms with Gasteiger partial charge in [0.25, 0.3) is 0 Å².